The van der Waals surface area contributed by atoms with Gasteiger partial charge < -0.3 is 5.32 Å². The summed E-state index contributed by atoms with van der Waals surface area (Å²) in [7, 11) is 0. The second-order valence-corrected chi connectivity index (χ2v) is 7.47. The van der Waals surface area contributed by atoms with E-state index in [0.29, 0.717) is 49.0 Å². The summed E-state index contributed by atoms with van der Waals surface area (Å²) >= 11 is 6.07. The van der Waals surface area contributed by atoms with Gasteiger partial charge in [0.2, 0.25) is 5.91 Å². The maximum absolute atomic E-state index is 12.8. The van der Waals surface area contributed by atoms with Gasteiger partial charge in [0.25, 0.3) is 0 Å². The molecule has 0 radical (unpaired) electrons. The molecule has 0 atom stereocenters. The molecule has 29 heavy (non-hydrogen) atoms. The van der Waals surface area contributed by atoms with Crippen molar-refractivity contribution in [1.29, 1.82) is 0 Å². The van der Waals surface area contributed by atoms with E-state index in [2.05, 4.69) is 15.2 Å². The van der Waals surface area contributed by atoms with Gasteiger partial charge in [0.1, 0.15) is 5.69 Å². The molecule has 3 rings (SSSR count). The van der Waals surface area contributed by atoms with Gasteiger partial charge in [-0.15, -0.1) is 0 Å². The Morgan fingerprint density at radius 2 is 1.86 bits per heavy atom. The number of aromatic nitrogens is 1. The van der Waals surface area contributed by atoms with Gasteiger partial charge in [0.15, 0.2) is 0 Å². The molecule has 1 aromatic carbocycles. The summed E-state index contributed by atoms with van der Waals surface area (Å²) in [6.45, 7) is 5.21. The summed E-state index contributed by atoms with van der Waals surface area (Å²) in [5.41, 5.74) is 1.22. The molecule has 2 heterocycles. The minimum atomic E-state index is -4.44. The fourth-order valence-electron chi connectivity index (χ4n) is 3.23. The van der Waals surface area contributed by atoms with Crippen molar-refractivity contribution in [2.24, 2.45) is 0 Å². The van der Waals surface area contributed by atoms with Gasteiger partial charge in [-0.3, -0.25) is 19.6 Å². The van der Waals surface area contributed by atoms with Crippen molar-refractivity contribution in [2.45, 2.75) is 19.6 Å². The van der Waals surface area contributed by atoms with Crippen LogP contribution in [0.15, 0.2) is 36.5 Å². The zero-order valence-electron chi connectivity index (χ0n) is 16.0. The van der Waals surface area contributed by atoms with Gasteiger partial charge in [-0.2, -0.15) is 13.2 Å². The van der Waals surface area contributed by atoms with E-state index in [4.69, 9.17) is 11.6 Å². The summed E-state index contributed by atoms with van der Waals surface area (Å²) < 4.78 is 38.4. The second kappa shape index (κ2) is 9.11. The second-order valence-electron chi connectivity index (χ2n) is 7.06. The summed E-state index contributed by atoms with van der Waals surface area (Å²) in [6, 6.07) is 8.05. The molecule has 0 unspecified atom stereocenters. The molecule has 0 aliphatic carbocycles. The Labute approximate surface area is 172 Å². The first-order valence-electron chi connectivity index (χ1n) is 9.24. The van der Waals surface area contributed by atoms with Gasteiger partial charge in [0.05, 0.1) is 6.54 Å². The Morgan fingerprint density at radius 1 is 1.17 bits per heavy atom. The molecule has 2 aromatic rings. The van der Waals surface area contributed by atoms with Crippen LogP contribution in [0.5, 0.6) is 0 Å². The zero-order chi connectivity index (χ0) is 21.0. The zero-order valence-corrected chi connectivity index (χ0v) is 16.7. The fraction of sp³-hybridized carbons (Fsp3) is 0.400. The Balaban J connectivity index is 1.48. The molecule has 9 heteroatoms. The highest BCUT2D eigenvalue weighted by Gasteiger charge is 2.32. The number of carbonyl (C=O) groups is 1. The van der Waals surface area contributed by atoms with Gasteiger partial charge >= 0.3 is 6.18 Å². The number of pyridine rings is 1. The molecular formula is C20H22ClF3N4O. The Hall–Kier alpha value is -2.16. The number of nitrogens with zero attached hydrogens (tertiary/aromatic N) is 3. The first kappa shape index (κ1) is 21.5. The van der Waals surface area contributed by atoms with E-state index in [1.807, 2.05) is 11.8 Å². The highest BCUT2D eigenvalue weighted by molar-refractivity contribution is 6.31. The number of halogens is 4. The molecule has 1 aromatic heterocycles. The number of anilines is 1. The molecule has 1 amide bonds. The first-order valence-corrected chi connectivity index (χ1v) is 9.62. The standard InChI is InChI=1S/C20H22ClF3N4O/c1-14-16(21)3-2-4-17(14)26-19(29)13-28-9-7-27(8-10-28)12-15-5-6-25-18(11-15)20(22,23)24/h2-6,11H,7-10,12-13H2,1H3,(H,26,29). The lowest BCUT2D eigenvalue weighted by Crippen LogP contribution is -2.48. The highest BCUT2D eigenvalue weighted by atomic mass is 35.5. The van der Waals surface area contributed by atoms with Crippen LogP contribution in [0.3, 0.4) is 0 Å². The molecule has 0 spiro atoms. The van der Waals surface area contributed by atoms with Crippen molar-refractivity contribution in [3.8, 4) is 0 Å². The van der Waals surface area contributed by atoms with E-state index in [9.17, 15) is 18.0 Å². The summed E-state index contributed by atoms with van der Waals surface area (Å²) in [5.74, 6) is -0.118. The molecule has 1 fully saturated rings. The normalized spacial score (nSPS) is 16.0. The van der Waals surface area contributed by atoms with Crippen LogP contribution in [0.25, 0.3) is 0 Å². The number of piperazine rings is 1. The van der Waals surface area contributed by atoms with Crippen molar-refractivity contribution in [3.63, 3.8) is 0 Å². The third kappa shape index (κ3) is 5.91. The maximum atomic E-state index is 12.8. The van der Waals surface area contributed by atoms with Crippen LogP contribution in [0.1, 0.15) is 16.8 Å². The number of alkyl halides is 3. The average Bonchev–Trinajstić information content (AvgIpc) is 2.67. The molecule has 1 saturated heterocycles. The van der Waals surface area contributed by atoms with E-state index in [0.717, 1.165) is 11.6 Å². The van der Waals surface area contributed by atoms with E-state index >= 15 is 0 Å². The third-order valence-electron chi connectivity index (χ3n) is 4.89. The molecule has 156 valence electrons. The van der Waals surface area contributed by atoms with E-state index in [1.54, 1.807) is 24.3 Å². The van der Waals surface area contributed by atoms with Crippen LogP contribution >= 0.6 is 11.6 Å². The van der Waals surface area contributed by atoms with Gasteiger partial charge in [0, 0.05) is 49.6 Å². The Bertz CT molecular complexity index is 867. The maximum Gasteiger partial charge on any atom is 0.433 e. The average molecular weight is 427 g/mol. The molecule has 1 aliphatic rings. The summed E-state index contributed by atoms with van der Waals surface area (Å²) in [5, 5.41) is 3.48. The van der Waals surface area contributed by atoms with Crippen molar-refractivity contribution in [3.05, 3.63) is 58.4 Å². The van der Waals surface area contributed by atoms with Gasteiger partial charge in [-0.1, -0.05) is 17.7 Å². The van der Waals surface area contributed by atoms with Gasteiger partial charge in [-0.05, 0) is 42.3 Å². The summed E-state index contributed by atoms with van der Waals surface area (Å²) in [4.78, 5) is 19.8. The van der Waals surface area contributed by atoms with Crippen molar-refractivity contribution in [2.75, 3.05) is 38.0 Å². The Morgan fingerprint density at radius 3 is 2.55 bits per heavy atom. The minimum Gasteiger partial charge on any atom is -0.325 e. The first-order chi connectivity index (χ1) is 13.7. The van der Waals surface area contributed by atoms with Crippen molar-refractivity contribution >= 4 is 23.2 Å². The monoisotopic (exact) mass is 426 g/mol. The van der Waals surface area contributed by atoms with Crippen LogP contribution in [0.4, 0.5) is 18.9 Å². The molecule has 1 aliphatic heterocycles. The van der Waals surface area contributed by atoms with E-state index in [1.165, 1.54) is 6.20 Å². The molecule has 0 saturated carbocycles. The smallest absolute Gasteiger partial charge is 0.325 e. The number of rotatable bonds is 5. The van der Waals surface area contributed by atoms with Crippen LogP contribution in [-0.2, 0) is 17.5 Å². The molecular weight excluding hydrogens is 405 g/mol. The van der Waals surface area contributed by atoms with E-state index in [-0.39, 0.29) is 12.5 Å². The SMILES string of the molecule is Cc1c(Cl)cccc1NC(=O)CN1CCN(Cc2ccnc(C(F)(F)F)c2)CC1. The van der Waals surface area contributed by atoms with Crippen LogP contribution in [0.2, 0.25) is 5.02 Å². The number of hydrogen-bond acceptors (Lipinski definition) is 4. The lowest BCUT2D eigenvalue weighted by molar-refractivity contribution is -0.141. The predicted molar refractivity (Wildman–Crippen MR) is 106 cm³/mol. The summed E-state index contributed by atoms with van der Waals surface area (Å²) in [6.07, 6.45) is -3.25. The lowest BCUT2D eigenvalue weighted by atomic mass is 10.2. The minimum absolute atomic E-state index is 0.118. The quantitative estimate of drug-likeness (QED) is 0.789. The van der Waals surface area contributed by atoms with Crippen LogP contribution in [-0.4, -0.2) is 53.4 Å². The molecule has 5 nitrogen and oxygen atoms in total. The van der Waals surface area contributed by atoms with Crippen molar-refractivity contribution in [1.82, 2.24) is 14.8 Å². The number of amides is 1. The largest absolute Gasteiger partial charge is 0.433 e. The van der Waals surface area contributed by atoms with Crippen molar-refractivity contribution < 1.29 is 18.0 Å². The third-order valence-corrected chi connectivity index (χ3v) is 5.30. The van der Waals surface area contributed by atoms with Crippen LogP contribution < -0.4 is 5.32 Å². The van der Waals surface area contributed by atoms with E-state index < -0.39 is 11.9 Å². The molecule has 1 N–H and O–H groups in total. The Kier molecular flexibility index (Phi) is 6.77. The lowest BCUT2D eigenvalue weighted by Gasteiger charge is -2.34. The predicted octanol–water partition coefficient (Wildman–Crippen LogP) is 3.82. The number of nitrogens with one attached hydrogen (secondary N) is 1. The number of hydrogen-bond donors (Lipinski definition) is 1. The fourth-order valence-corrected chi connectivity index (χ4v) is 3.40. The van der Waals surface area contributed by atoms with Gasteiger partial charge in [-0.25, -0.2) is 0 Å². The number of benzene rings is 1. The highest BCUT2D eigenvalue weighted by Crippen LogP contribution is 2.28. The topological polar surface area (TPSA) is 48.5 Å². The van der Waals surface area contributed by atoms with Crippen LogP contribution in [0, 0.1) is 6.92 Å². The molecule has 0 bridgehead atoms. The number of carbonyl (C=O) groups excluding carboxylic acids is 1.